The summed E-state index contributed by atoms with van der Waals surface area (Å²) in [5.74, 6) is -0.938. The molecule has 0 spiro atoms. The number of benzene rings is 3. The third kappa shape index (κ3) is 5.06. The van der Waals surface area contributed by atoms with Crippen LogP contribution in [0.4, 0.5) is 11.4 Å². The zero-order valence-electron chi connectivity index (χ0n) is 19.7. The lowest BCUT2D eigenvalue weighted by molar-refractivity contribution is -0.136. The van der Waals surface area contributed by atoms with E-state index in [0.717, 1.165) is 22.3 Å². The standard InChI is InChI=1S/C27H26N4O4/c1-16-10-12-21(14-17(16)2)31-27(35)25(18(3)30-31)29-28-23-9-5-8-22(26(23)34)20-7-4-6-19(15-20)11-13-24(32)33/h4-10,12,14-15,30,34H,11,13H2,1-3H3,(H,32,33). The Balaban J connectivity index is 1.65. The van der Waals surface area contributed by atoms with E-state index in [-0.39, 0.29) is 29.1 Å². The van der Waals surface area contributed by atoms with Crippen molar-refractivity contribution in [2.45, 2.75) is 33.6 Å². The van der Waals surface area contributed by atoms with Crippen molar-refractivity contribution in [1.29, 1.82) is 0 Å². The number of aromatic amines is 1. The number of aromatic hydroxyl groups is 1. The van der Waals surface area contributed by atoms with E-state index in [2.05, 4.69) is 15.3 Å². The quantitative estimate of drug-likeness (QED) is 0.291. The number of carboxylic acid groups (broad SMARTS) is 1. The van der Waals surface area contributed by atoms with Crippen molar-refractivity contribution < 1.29 is 15.0 Å². The zero-order valence-corrected chi connectivity index (χ0v) is 19.7. The van der Waals surface area contributed by atoms with Crippen molar-refractivity contribution in [3.05, 3.63) is 93.4 Å². The van der Waals surface area contributed by atoms with E-state index in [0.29, 0.717) is 23.4 Å². The van der Waals surface area contributed by atoms with E-state index < -0.39 is 5.97 Å². The van der Waals surface area contributed by atoms with Gasteiger partial charge in [0, 0.05) is 12.0 Å². The van der Waals surface area contributed by atoms with Crippen molar-refractivity contribution in [3.63, 3.8) is 0 Å². The van der Waals surface area contributed by atoms with Crippen LogP contribution in [0.15, 0.2) is 75.7 Å². The Kier molecular flexibility index (Phi) is 6.64. The summed E-state index contributed by atoms with van der Waals surface area (Å²) in [6.07, 6.45) is 0.419. The lowest BCUT2D eigenvalue weighted by Crippen LogP contribution is -2.14. The van der Waals surface area contributed by atoms with Gasteiger partial charge in [0.1, 0.15) is 5.69 Å². The molecule has 0 saturated carbocycles. The van der Waals surface area contributed by atoms with Gasteiger partial charge >= 0.3 is 5.97 Å². The first-order valence-electron chi connectivity index (χ1n) is 11.2. The number of hydrogen-bond acceptors (Lipinski definition) is 5. The monoisotopic (exact) mass is 470 g/mol. The predicted molar refractivity (Wildman–Crippen MR) is 134 cm³/mol. The highest BCUT2D eigenvalue weighted by molar-refractivity contribution is 5.76. The Morgan fingerprint density at radius 1 is 0.971 bits per heavy atom. The number of aryl methyl sites for hydroxylation is 4. The minimum atomic E-state index is -0.864. The molecule has 0 aliphatic heterocycles. The Morgan fingerprint density at radius 2 is 1.74 bits per heavy atom. The van der Waals surface area contributed by atoms with Gasteiger partial charge in [-0.1, -0.05) is 42.5 Å². The van der Waals surface area contributed by atoms with E-state index in [1.165, 1.54) is 4.68 Å². The Morgan fingerprint density at radius 3 is 2.49 bits per heavy atom. The van der Waals surface area contributed by atoms with Crippen LogP contribution >= 0.6 is 0 Å². The van der Waals surface area contributed by atoms with E-state index >= 15 is 0 Å². The van der Waals surface area contributed by atoms with Gasteiger partial charge < -0.3 is 10.2 Å². The summed E-state index contributed by atoms with van der Waals surface area (Å²) < 4.78 is 1.43. The molecule has 0 radical (unpaired) electrons. The van der Waals surface area contributed by atoms with E-state index in [9.17, 15) is 14.7 Å². The second-order valence-corrected chi connectivity index (χ2v) is 8.46. The lowest BCUT2D eigenvalue weighted by atomic mass is 10.00. The lowest BCUT2D eigenvalue weighted by Gasteiger charge is -2.08. The largest absolute Gasteiger partial charge is 0.505 e. The number of nitrogens with one attached hydrogen (secondary N) is 1. The fraction of sp³-hybridized carbons (Fsp3) is 0.185. The molecule has 1 aromatic heterocycles. The van der Waals surface area contributed by atoms with Crippen LogP contribution < -0.4 is 5.56 Å². The molecule has 4 aromatic rings. The topological polar surface area (TPSA) is 120 Å². The summed E-state index contributed by atoms with van der Waals surface area (Å²) in [6, 6.07) is 18.2. The molecular formula is C27H26N4O4. The number of aromatic nitrogens is 2. The van der Waals surface area contributed by atoms with Crippen molar-refractivity contribution in [2.75, 3.05) is 0 Å². The number of nitrogens with zero attached hydrogens (tertiary/aromatic N) is 3. The van der Waals surface area contributed by atoms with Crippen LogP contribution in [-0.4, -0.2) is 26.0 Å². The second kappa shape index (κ2) is 9.80. The number of para-hydroxylation sites is 1. The number of carboxylic acids is 1. The molecule has 0 aliphatic carbocycles. The summed E-state index contributed by atoms with van der Waals surface area (Å²) in [5.41, 5.74) is 5.62. The Hall–Kier alpha value is -4.46. The van der Waals surface area contributed by atoms with Crippen LogP contribution in [0.2, 0.25) is 0 Å². The van der Waals surface area contributed by atoms with E-state index in [1.807, 2.05) is 56.3 Å². The maximum Gasteiger partial charge on any atom is 0.303 e. The molecule has 1 heterocycles. The van der Waals surface area contributed by atoms with Gasteiger partial charge in [0.15, 0.2) is 11.4 Å². The molecule has 178 valence electrons. The van der Waals surface area contributed by atoms with Gasteiger partial charge in [-0.2, -0.15) is 0 Å². The van der Waals surface area contributed by atoms with Crippen molar-refractivity contribution >= 4 is 17.3 Å². The minimum absolute atomic E-state index is 0.0272. The first-order valence-corrected chi connectivity index (χ1v) is 11.2. The number of hydrogen-bond donors (Lipinski definition) is 3. The molecule has 35 heavy (non-hydrogen) atoms. The van der Waals surface area contributed by atoms with Gasteiger partial charge in [-0.3, -0.25) is 14.7 Å². The molecule has 8 heteroatoms. The third-order valence-electron chi connectivity index (χ3n) is 5.93. The minimum Gasteiger partial charge on any atom is -0.505 e. The summed E-state index contributed by atoms with van der Waals surface area (Å²) in [4.78, 5) is 23.9. The SMILES string of the molecule is Cc1ccc(-n2[nH]c(C)c(N=Nc3cccc(-c4cccc(CCC(=O)O)c4)c3O)c2=O)cc1C. The van der Waals surface area contributed by atoms with Crippen LogP contribution in [0.3, 0.4) is 0 Å². The fourth-order valence-corrected chi connectivity index (χ4v) is 3.80. The van der Waals surface area contributed by atoms with Crippen LogP contribution in [0.5, 0.6) is 5.75 Å². The average Bonchev–Trinajstić information content (AvgIpc) is 3.12. The maximum absolute atomic E-state index is 13.0. The highest BCUT2D eigenvalue weighted by Crippen LogP contribution is 2.38. The molecule has 3 N–H and O–H groups in total. The first kappa shape index (κ1) is 23.7. The number of phenolic OH excluding ortho intramolecular Hbond substituents is 1. The predicted octanol–water partition coefficient (Wildman–Crippen LogP) is 5.90. The summed E-state index contributed by atoms with van der Waals surface area (Å²) in [7, 11) is 0. The molecular weight excluding hydrogens is 444 g/mol. The molecule has 0 fully saturated rings. The summed E-state index contributed by atoms with van der Waals surface area (Å²) >= 11 is 0. The number of phenols is 1. The van der Waals surface area contributed by atoms with Crippen molar-refractivity contribution in [1.82, 2.24) is 9.78 Å². The van der Waals surface area contributed by atoms with Gasteiger partial charge in [-0.25, -0.2) is 4.68 Å². The highest BCUT2D eigenvalue weighted by atomic mass is 16.4. The number of azo groups is 1. The molecule has 0 atom stereocenters. The van der Waals surface area contributed by atoms with Crippen molar-refractivity contribution in [3.8, 4) is 22.6 Å². The highest BCUT2D eigenvalue weighted by Gasteiger charge is 2.14. The third-order valence-corrected chi connectivity index (χ3v) is 5.93. The molecule has 8 nitrogen and oxygen atoms in total. The average molecular weight is 471 g/mol. The molecule has 4 rings (SSSR count). The van der Waals surface area contributed by atoms with Gasteiger partial charge in [-0.15, -0.1) is 10.2 Å². The maximum atomic E-state index is 13.0. The van der Waals surface area contributed by atoms with Crippen LogP contribution in [-0.2, 0) is 11.2 Å². The molecule has 0 saturated heterocycles. The summed E-state index contributed by atoms with van der Waals surface area (Å²) in [5, 5.41) is 31.2. The summed E-state index contributed by atoms with van der Waals surface area (Å²) in [6.45, 7) is 5.73. The van der Waals surface area contributed by atoms with Crippen LogP contribution in [0, 0.1) is 20.8 Å². The molecule has 0 unspecified atom stereocenters. The van der Waals surface area contributed by atoms with Crippen LogP contribution in [0.25, 0.3) is 16.8 Å². The molecule has 3 aromatic carbocycles. The van der Waals surface area contributed by atoms with Gasteiger partial charge in [-0.05, 0) is 67.6 Å². The molecule has 0 aliphatic rings. The number of rotatable bonds is 7. The smallest absolute Gasteiger partial charge is 0.303 e. The van der Waals surface area contributed by atoms with Gasteiger partial charge in [0.2, 0.25) is 0 Å². The fourth-order valence-electron chi connectivity index (χ4n) is 3.80. The zero-order chi connectivity index (χ0) is 25.1. The van der Waals surface area contributed by atoms with Crippen LogP contribution in [0.1, 0.15) is 28.8 Å². The number of H-pyrrole nitrogens is 1. The molecule has 0 amide bonds. The normalized spacial score (nSPS) is 11.3. The first-order chi connectivity index (χ1) is 16.7. The van der Waals surface area contributed by atoms with E-state index in [1.54, 1.807) is 25.1 Å². The number of aliphatic carboxylic acids is 1. The Bertz CT molecular complexity index is 1500. The van der Waals surface area contributed by atoms with Crippen molar-refractivity contribution in [2.24, 2.45) is 10.2 Å². The molecule has 0 bridgehead atoms. The van der Waals surface area contributed by atoms with Gasteiger partial charge in [0.25, 0.3) is 5.56 Å². The van der Waals surface area contributed by atoms with E-state index in [4.69, 9.17) is 5.11 Å². The van der Waals surface area contributed by atoms with Gasteiger partial charge in [0.05, 0.1) is 11.4 Å². The number of carbonyl (C=O) groups is 1. The Labute approximate surface area is 202 Å². The second-order valence-electron chi connectivity index (χ2n) is 8.46.